The molecule has 4 rings (SSSR count). The first-order chi connectivity index (χ1) is 15.9. The van der Waals surface area contributed by atoms with Crippen molar-refractivity contribution in [3.8, 4) is 5.75 Å². The summed E-state index contributed by atoms with van der Waals surface area (Å²) in [6.07, 6.45) is 3.81. The number of phenolic OH excluding ortho intramolecular Hbond substituents is 1. The van der Waals surface area contributed by atoms with Crippen molar-refractivity contribution in [1.82, 2.24) is 4.98 Å². The molecule has 0 radical (unpaired) electrons. The molecule has 2 heterocycles. The smallest absolute Gasteiger partial charge is 0.338 e. The van der Waals surface area contributed by atoms with Gasteiger partial charge in [-0.15, -0.1) is 0 Å². The number of hydrogen-bond acceptors (Lipinski definition) is 6. The van der Waals surface area contributed by atoms with Crippen LogP contribution in [0, 0.1) is 0 Å². The minimum Gasteiger partial charge on any atom is -0.506 e. The van der Waals surface area contributed by atoms with E-state index >= 15 is 0 Å². The van der Waals surface area contributed by atoms with Gasteiger partial charge in [0.15, 0.2) is 0 Å². The lowest BCUT2D eigenvalue weighted by molar-refractivity contribution is -0.137. The molecule has 3 N–H and O–H groups in total. The van der Waals surface area contributed by atoms with Crippen LogP contribution in [-0.2, 0) is 9.53 Å². The zero-order valence-corrected chi connectivity index (χ0v) is 17.9. The Hall–Kier alpha value is -4.17. The Morgan fingerprint density at radius 3 is 2.48 bits per heavy atom. The minimum atomic E-state index is -0.575. The lowest BCUT2D eigenvalue weighted by Crippen LogP contribution is -2.19. The molecule has 1 aliphatic rings. The zero-order valence-electron chi connectivity index (χ0n) is 17.2. The molecule has 166 valence electrons. The molecule has 2 amide bonds. The van der Waals surface area contributed by atoms with Crippen molar-refractivity contribution >= 4 is 46.5 Å². The number of nitrogens with one attached hydrogen (secondary N) is 2. The Bertz CT molecular complexity index is 1250. The first-order valence-corrected chi connectivity index (χ1v) is 10.3. The third-order valence-corrected chi connectivity index (χ3v) is 5.10. The molecule has 0 saturated heterocycles. The molecular weight excluding hydrogens is 446 g/mol. The van der Waals surface area contributed by atoms with E-state index in [0.717, 1.165) is 0 Å². The largest absolute Gasteiger partial charge is 0.506 e. The molecule has 8 nitrogen and oxygen atoms in total. The number of nitrogens with zero attached hydrogens (tertiary/aromatic N) is 1. The van der Waals surface area contributed by atoms with Crippen molar-refractivity contribution in [3.63, 3.8) is 0 Å². The normalized spacial score (nSPS) is 13.0. The number of cyclic esters (lactones) is 1. The Morgan fingerprint density at radius 2 is 1.79 bits per heavy atom. The van der Waals surface area contributed by atoms with Crippen molar-refractivity contribution in [3.05, 3.63) is 88.6 Å². The van der Waals surface area contributed by atoms with Crippen LogP contribution in [0.3, 0.4) is 0 Å². The van der Waals surface area contributed by atoms with Gasteiger partial charge in [0.1, 0.15) is 11.6 Å². The van der Waals surface area contributed by atoms with Gasteiger partial charge >= 0.3 is 5.97 Å². The number of carbonyl (C=O) groups excluding carboxylic acids is 3. The number of amides is 2. The number of carbonyl (C=O) groups is 3. The topological polar surface area (TPSA) is 118 Å². The Balaban J connectivity index is 1.53. The number of aromatic nitrogens is 1. The number of anilines is 2. The fourth-order valence-corrected chi connectivity index (χ4v) is 3.34. The van der Waals surface area contributed by atoms with Gasteiger partial charge in [0.2, 0.25) is 0 Å². The van der Waals surface area contributed by atoms with E-state index in [-0.39, 0.29) is 28.4 Å². The third-order valence-electron chi connectivity index (χ3n) is 4.87. The van der Waals surface area contributed by atoms with E-state index in [4.69, 9.17) is 16.3 Å². The highest BCUT2D eigenvalue weighted by Gasteiger charge is 2.20. The van der Waals surface area contributed by atoms with Gasteiger partial charge in [-0.1, -0.05) is 35.9 Å². The first kappa shape index (κ1) is 22.0. The van der Waals surface area contributed by atoms with Crippen LogP contribution in [0.2, 0.25) is 5.02 Å². The molecule has 9 heteroatoms. The van der Waals surface area contributed by atoms with Crippen LogP contribution >= 0.6 is 11.6 Å². The average Bonchev–Trinajstić information content (AvgIpc) is 2.82. The summed E-state index contributed by atoms with van der Waals surface area (Å²) < 4.78 is 5.04. The molecule has 0 saturated carbocycles. The standard InChI is InChI=1S/C24H18ClN3O5/c25-16-10-11-20(26-13-16)27-23(31)18-3-1-5-19(29)21(18)28-22(30)15-8-6-14(7-9-15)17-4-2-12-33-24(17)32/h1,3-11,13,29H,2,12H2,(H,28,30)(H,26,27,31). The molecule has 0 atom stereocenters. The van der Waals surface area contributed by atoms with Gasteiger partial charge in [0.05, 0.1) is 28.5 Å². The van der Waals surface area contributed by atoms with Crippen LogP contribution in [0.4, 0.5) is 11.5 Å². The Labute approximate surface area is 193 Å². The quantitative estimate of drug-likeness (QED) is 0.384. The van der Waals surface area contributed by atoms with E-state index in [1.807, 2.05) is 0 Å². The van der Waals surface area contributed by atoms with Crippen LogP contribution in [-0.4, -0.2) is 34.5 Å². The third kappa shape index (κ3) is 5.02. The maximum Gasteiger partial charge on any atom is 0.338 e. The van der Waals surface area contributed by atoms with E-state index < -0.39 is 17.8 Å². The number of phenols is 1. The van der Waals surface area contributed by atoms with Gasteiger partial charge in [0.25, 0.3) is 11.8 Å². The number of esters is 1. The summed E-state index contributed by atoms with van der Waals surface area (Å²) >= 11 is 5.81. The van der Waals surface area contributed by atoms with Gasteiger partial charge in [0, 0.05) is 18.2 Å². The monoisotopic (exact) mass is 463 g/mol. The lowest BCUT2D eigenvalue weighted by atomic mass is 10.0. The minimum absolute atomic E-state index is 0.0448. The number of halogens is 1. The summed E-state index contributed by atoms with van der Waals surface area (Å²) in [6.45, 7) is 0.355. The summed E-state index contributed by atoms with van der Waals surface area (Å²) in [4.78, 5) is 41.4. The summed E-state index contributed by atoms with van der Waals surface area (Å²) in [7, 11) is 0. The highest BCUT2D eigenvalue weighted by atomic mass is 35.5. The number of pyridine rings is 1. The van der Waals surface area contributed by atoms with E-state index in [1.54, 1.807) is 36.4 Å². The Morgan fingerprint density at radius 1 is 1.00 bits per heavy atom. The molecule has 33 heavy (non-hydrogen) atoms. The van der Waals surface area contributed by atoms with Crippen LogP contribution in [0.5, 0.6) is 5.75 Å². The predicted molar refractivity (Wildman–Crippen MR) is 123 cm³/mol. The average molecular weight is 464 g/mol. The van der Waals surface area contributed by atoms with Crippen molar-refractivity contribution in [2.75, 3.05) is 17.2 Å². The molecule has 3 aromatic rings. The molecule has 1 aromatic heterocycles. The molecule has 2 aromatic carbocycles. The number of aromatic hydroxyl groups is 1. The van der Waals surface area contributed by atoms with Crippen LogP contribution in [0.25, 0.3) is 5.57 Å². The number of ether oxygens (including phenoxy) is 1. The van der Waals surface area contributed by atoms with Gasteiger partial charge in [-0.05, 0) is 42.0 Å². The fraction of sp³-hybridized carbons (Fsp3) is 0.0833. The number of para-hydroxylation sites is 1. The fourth-order valence-electron chi connectivity index (χ4n) is 3.23. The van der Waals surface area contributed by atoms with Crippen molar-refractivity contribution in [2.45, 2.75) is 6.42 Å². The highest BCUT2D eigenvalue weighted by molar-refractivity contribution is 6.30. The molecule has 0 spiro atoms. The molecule has 0 fully saturated rings. The van der Waals surface area contributed by atoms with Gasteiger partial charge < -0.3 is 20.5 Å². The van der Waals surface area contributed by atoms with Gasteiger partial charge in [-0.2, -0.15) is 0 Å². The molecule has 0 unspecified atom stereocenters. The summed E-state index contributed by atoms with van der Waals surface area (Å²) in [6, 6.07) is 13.8. The maximum absolute atomic E-state index is 12.8. The van der Waals surface area contributed by atoms with Crippen LogP contribution in [0.1, 0.15) is 32.7 Å². The van der Waals surface area contributed by atoms with Crippen molar-refractivity contribution in [1.29, 1.82) is 0 Å². The Kier molecular flexibility index (Phi) is 6.37. The van der Waals surface area contributed by atoms with E-state index in [2.05, 4.69) is 15.6 Å². The van der Waals surface area contributed by atoms with E-state index in [9.17, 15) is 19.5 Å². The van der Waals surface area contributed by atoms with Gasteiger partial charge in [-0.3, -0.25) is 9.59 Å². The number of hydrogen-bond donors (Lipinski definition) is 3. The maximum atomic E-state index is 12.8. The highest BCUT2D eigenvalue weighted by Crippen LogP contribution is 2.29. The zero-order chi connectivity index (χ0) is 23.4. The second-order valence-corrected chi connectivity index (χ2v) is 7.53. The SMILES string of the molecule is O=C1OCCC=C1c1ccc(C(=O)Nc2c(O)cccc2C(=O)Nc2ccc(Cl)cn2)cc1. The molecule has 0 bridgehead atoms. The van der Waals surface area contributed by atoms with Crippen LogP contribution in [0.15, 0.2) is 66.9 Å². The number of rotatable bonds is 5. The summed E-state index contributed by atoms with van der Waals surface area (Å²) in [5.74, 6) is -1.53. The molecule has 0 aliphatic carbocycles. The second-order valence-electron chi connectivity index (χ2n) is 7.09. The van der Waals surface area contributed by atoms with Gasteiger partial charge in [-0.25, -0.2) is 9.78 Å². The summed E-state index contributed by atoms with van der Waals surface area (Å²) in [5.41, 5.74) is 1.36. The summed E-state index contributed by atoms with van der Waals surface area (Å²) in [5, 5.41) is 15.9. The van der Waals surface area contributed by atoms with E-state index in [0.29, 0.717) is 29.2 Å². The van der Waals surface area contributed by atoms with Crippen LogP contribution < -0.4 is 10.6 Å². The second kappa shape index (κ2) is 9.54. The van der Waals surface area contributed by atoms with Crippen molar-refractivity contribution < 1.29 is 24.2 Å². The number of benzene rings is 2. The predicted octanol–water partition coefficient (Wildman–Crippen LogP) is 4.28. The van der Waals surface area contributed by atoms with Crippen molar-refractivity contribution in [2.24, 2.45) is 0 Å². The molecule has 1 aliphatic heterocycles. The first-order valence-electron chi connectivity index (χ1n) is 9.96. The molecular formula is C24H18ClN3O5. The van der Waals surface area contributed by atoms with E-state index in [1.165, 1.54) is 30.5 Å². The lowest BCUT2D eigenvalue weighted by Gasteiger charge is -2.14.